The Hall–Kier alpha value is -1.42. The molecule has 2 aromatic heterocycles. The number of imidazole rings is 1. The first-order valence-electron chi connectivity index (χ1n) is 4.55. The molecule has 0 aliphatic rings. The lowest BCUT2D eigenvalue weighted by Crippen LogP contribution is -2.10. The van der Waals surface area contributed by atoms with Crippen LogP contribution >= 0.6 is 0 Å². The van der Waals surface area contributed by atoms with E-state index < -0.39 is 0 Å². The molecular formula is C10H12FN3. The Balaban J connectivity index is 2.61. The quantitative estimate of drug-likeness (QED) is 0.786. The van der Waals surface area contributed by atoms with Gasteiger partial charge in [0.2, 0.25) is 0 Å². The Bertz CT molecular complexity index is 450. The Morgan fingerprint density at radius 1 is 1.57 bits per heavy atom. The van der Waals surface area contributed by atoms with Crippen LogP contribution in [0.3, 0.4) is 0 Å². The van der Waals surface area contributed by atoms with E-state index in [0.717, 1.165) is 11.3 Å². The van der Waals surface area contributed by atoms with E-state index >= 15 is 0 Å². The highest BCUT2D eigenvalue weighted by Crippen LogP contribution is 2.16. The van der Waals surface area contributed by atoms with Crippen LogP contribution in [0.5, 0.6) is 0 Å². The van der Waals surface area contributed by atoms with E-state index in [0.29, 0.717) is 6.54 Å². The maximum Gasteiger partial charge on any atom is 0.139 e. The summed E-state index contributed by atoms with van der Waals surface area (Å²) in [5.41, 5.74) is 7.26. The van der Waals surface area contributed by atoms with E-state index in [1.807, 2.05) is 6.92 Å². The number of halogens is 1. The maximum absolute atomic E-state index is 13.0. The van der Waals surface area contributed by atoms with Gasteiger partial charge in [-0.05, 0) is 12.1 Å². The van der Waals surface area contributed by atoms with Crippen molar-refractivity contribution >= 4 is 5.65 Å². The van der Waals surface area contributed by atoms with Crippen molar-refractivity contribution in [1.29, 1.82) is 0 Å². The van der Waals surface area contributed by atoms with Crippen LogP contribution in [0, 0.1) is 5.82 Å². The number of hydrogen-bond acceptors (Lipinski definition) is 2. The molecule has 14 heavy (non-hydrogen) atoms. The monoisotopic (exact) mass is 193 g/mol. The summed E-state index contributed by atoms with van der Waals surface area (Å²) in [6.45, 7) is 2.53. The Morgan fingerprint density at radius 2 is 2.36 bits per heavy atom. The second-order valence-corrected chi connectivity index (χ2v) is 3.40. The van der Waals surface area contributed by atoms with Crippen LogP contribution in [-0.4, -0.2) is 15.9 Å². The minimum absolute atomic E-state index is 0.187. The van der Waals surface area contributed by atoms with Crippen molar-refractivity contribution in [2.24, 2.45) is 5.73 Å². The van der Waals surface area contributed by atoms with Gasteiger partial charge in [0.15, 0.2) is 0 Å². The van der Waals surface area contributed by atoms with E-state index in [2.05, 4.69) is 4.98 Å². The predicted molar refractivity (Wildman–Crippen MR) is 52.6 cm³/mol. The number of pyridine rings is 1. The summed E-state index contributed by atoms with van der Waals surface area (Å²) in [6, 6.07) is 3.06. The largest absolute Gasteiger partial charge is 0.330 e. The molecule has 0 spiro atoms. The Morgan fingerprint density at radius 3 is 3.07 bits per heavy atom. The summed E-state index contributed by atoms with van der Waals surface area (Å²) in [7, 11) is 0. The highest BCUT2D eigenvalue weighted by molar-refractivity contribution is 5.40. The zero-order valence-corrected chi connectivity index (χ0v) is 7.94. The fraction of sp³-hybridized carbons (Fsp3) is 0.300. The maximum atomic E-state index is 13.0. The molecule has 0 radical (unpaired) electrons. The molecule has 0 aliphatic carbocycles. The molecule has 74 valence electrons. The average molecular weight is 193 g/mol. The molecule has 0 aromatic carbocycles. The first-order chi connectivity index (χ1) is 6.72. The highest BCUT2D eigenvalue weighted by Gasteiger charge is 2.09. The van der Waals surface area contributed by atoms with Crippen LogP contribution in [0.25, 0.3) is 5.65 Å². The molecule has 1 atom stereocenters. The highest BCUT2D eigenvalue weighted by atomic mass is 19.1. The lowest BCUT2D eigenvalue weighted by atomic mass is 10.1. The van der Waals surface area contributed by atoms with Gasteiger partial charge in [-0.1, -0.05) is 6.92 Å². The topological polar surface area (TPSA) is 43.3 Å². The number of nitrogens with two attached hydrogens (primary N) is 1. The van der Waals surface area contributed by atoms with Gasteiger partial charge in [0.1, 0.15) is 11.5 Å². The Kier molecular flexibility index (Phi) is 2.21. The normalized spacial score (nSPS) is 13.4. The molecule has 4 heteroatoms. The third-order valence-corrected chi connectivity index (χ3v) is 2.36. The van der Waals surface area contributed by atoms with Crippen molar-refractivity contribution in [3.63, 3.8) is 0 Å². The van der Waals surface area contributed by atoms with Gasteiger partial charge >= 0.3 is 0 Å². The molecular weight excluding hydrogens is 181 g/mol. The summed E-state index contributed by atoms with van der Waals surface area (Å²) in [5, 5.41) is 0. The van der Waals surface area contributed by atoms with Gasteiger partial charge in [-0.3, -0.25) is 0 Å². The summed E-state index contributed by atoms with van der Waals surface area (Å²) in [6.07, 6.45) is 3.18. The Labute approximate surface area is 81.4 Å². The summed E-state index contributed by atoms with van der Waals surface area (Å²) < 4.78 is 14.7. The van der Waals surface area contributed by atoms with Crippen LogP contribution in [-0.2, 0) is 0 Å². The first-order valence-corrected chi connectivity index (χ1v) is 4.55. The molecule has 0 bridgehead atoms. The second-order valence-electron chi connectivity index (χ2n) is 3.40. The zero-order chi connectivity index (χ0) is 10.1. The molecule has 1 unspecified atom stereocenters. The SMILES string of the molecule is CC(CN)c1cnc2ccc(F)cn12. The summed E-state index contributed by atoms with van der Waals surface area (Å²) in [5.74, 6) is -0.0761. The molecule has 2 rings (SSSR count). The molecule has 2 N–H and O–H groups in total. The third-order valence-electron chi connectivity index (χ3n) is 2.36. The minimum Gasteiger partial charge on any atom is -0.330 e. The lowest BCUT2D eigenvalue weighted by Gasteiger charge is -2.07. The van der Waals surface area contributed by atoms with Crippen molar-refractivity contribution in [1.82, 2.24) is 9.38 Å². The summed E-state index contributed by atoms with van der Waals surface area (Å²) >= 11 is 0. The molecule has 0 fully saturated rings. The smallest absolute Gasteiger partial charge is 0.139 e. The van der Waals surface area contributed by atoms with Crippen molar-refractivity contribution < 1.29 is 4.39 Å². The molecule has 0 saturated heterocycles. The number of hydrogen-bond donors (Lipinski definition) is 1. The van der Waals surface area contributed by atoms with Crippen LogP contribution in [0.4, 0.5) is 4.39 Å². The second kappa shape index (κ2) is 3.38. The standard InChI is InChI=1S/C10H12FN3/c1-7(4-12)9-5-13-10-3-2-8(11)6-14(9)10/h2-3,5-7H,4,12H2,1H3. The van der Waals surface area contributed by atoms with E-state index in [1.165, 1.54) is 12.3 Å². The molecule has 0 aliphatic heterocycles. The van der Waals surface area contributed by atoms with Crippen LogP contribution < -0.4 is 5.73 Å². The van der Waals surface area contributed by atoms with Gasteiger partial charge in [-0.15, -0.1) is 0 Å². The molecule has 0 saturated carbocycles. The van der Waals surface area contributed by atoms with E-state index in [-0.39, 0.29) is 11.7 Å². The lowest BCUT2D eigenvalue weighted by molar-refractivity contribution is 0.615. The van der Waals surface area contributed by atoms with Crippen LogP contribution in [0.2, 0.25) is 0 Å². The fourth-order valence-corrected chi connectivity index (χ4v) is 1.46. The van der Waals surface area contributed by atoms with Crippen LogP contribution in [0.15, 0.2) is 24.5 Å². The van der Waals surface area contributed by atoms with Crippen LogP contribution in [0.1, 0.15) is 18.5 Å². The molecule has 2 heterocycles. The van der Waals surface area contributed by atoms with E-state index in [9.17, 15) is 4.39 Å². The molecule has 0 amide bonds. The number of aromatic nitrogens is 2. The summed E-state index contributed by atoms with van der Waals surface area (Å²) in [4.78, 5) is 4.17. The van der Waals surface area contributed by atoms with Gasteiger partial charge in [0, 0.05) is 30.6 Å². The molecule has 2 aromatic rings. The third kappa shape index (κ3) is 1.37. The number of rotatable bonds is 2. The van der Waals surface area contributed by atoms with Crippen molar-refractivity contribution in [2.45, 2.75) is 12.8 Å². The van der Waals surface area contributed by atoms with Gasteiger partial charge in [-0.2, -0.15) is 0 Å². The van der Waals surface area contributed by atoms with E-state index in [1.54, 1.807) is 16.7 Å². The zero-order valence-electron chi connectivity index (χ0n) is 7.94. The van der Waals surface area contributed by atoms with Crippen molar-refractivity contribution in [3.05, 3.63) is 36.0 Å². The van der Waals surface area contributed by atoms with Crippen molar-refractivity contribution in [2.75, 3.05) is 6.54 Å². The first kappa shape index (κ1) is 9.15. The fourth-order valence-electron chi connectivity index (χ4n) is 1.46. The molecule has 3 nitrogen and oxygen atoms in total. The average Bonchev–Trinajstić information content (AvgIpc) is 2.59. The van der Waals surface area contributed by atoms with E-state index in [4.69, 9.17) is 5.73 Å². The number of fused-ring (bicyclic) bond motifs is 1. The van der Waals surface area contributed by atoms with Crippen molar-refractivity contribution in [3.8, 4) is 0 Å². The van der Waals surface area contributed by atoms with Gasteiger partial charge < -0.3 is 10.1 Å². The van der Waals surface area contributed by atoms with Gasteiger partial charge in [-0.25, -0.2) is 9.37 Å². The van der Waals surface area contributed by atoms with Gasteiger partial charge in [0.25, 0.3) is 0 Å². The predicted octanol–water partition coefficient (Wildman–Crippen LogP) is 1.54. The minimum atomic E-state index is -0.263. The number of nitrogens with zero attached hydrogens (tertiary/aromatic N) is 2. The van der Waals surface area contributed by atoms with Gasteiger partial charge in [0.05, 0.1) is 0 Å².